The molecule has 2 fully saturated rings. The Labute approximate surface area is 140 Å². The molecule has 0 radical (unpaired) electrons. The number of carbonyl (C=O) groups excluding carboxylic acids is 1. The van der Waals surface area contributed by atoms with E-state index in [4.69, 9.17) is 4.74 Å². The quantitative estimate of drug-likeness (QED) is 0.824. The molecular weight excluding hydrogens is 342 g/mol. The summed E-state index contributed by atoms with van der Waals surface area (Å²) in [5.74, 6) is 0.127. The number of esters is 1. The van der Waals surface area contributed by atoms with Crippen LogP contribution in [0.5, 0.6) is 0 Å². The molecular formula is C18H24BrNO2. The highest BCUT2D eigenvalue weighted by molar-refractivity contribution is 9.10. The van der Waals surface area contributed by atoms with Crippen molar-refractivity contribution in [2.24, 2.45) is 5.92 Å². The molecule has 4 heteroatoms. The van der Waals surface area contributed by atoms with Crippen LogP contribution in [0.1, 0.15) is 49.7 Å². The predicted molar refractivity (Wildman–Crippen MR) is 90.9 cm³/mol. The van der Waals surface area contributed by atoms with Crippen molar-refractivity contribution in [1.29, 1.82) is 0 Å². The summed E-state index contributed by atoms with van der Waals surface area (Å²) in [6.45, 7) is 2.19. The second-order valence-electron chi connectivity index (χ2n) is 6.54. The van der Waals surface area contributed by atoms with E-state index in [-0.39, 0.29) is 23.8 Å². The van der Waals surface area contributed by atoms with E-state index in [9.17, 15) is 4.79 Å². The Kier molecular flexibility index (Phi) is 4.88. The van der Waals surface area contributed by atoms with Gasteiger partial charge in [0.1, 0.15) is 0 Å². The third kappa shape index (κ3) is 2.95. The van der Waals surface area contributed by atoms with Gasteiger partial charge in [0.15, 0.2) is 0 Å². The number of piperidine rings is 1. The lowest BCUT2D eigenvalue weighted by Gasteiger charge is -2.36. The SMILES string of the molecule is CCCc1ccc(C2CC3CCC(N3)C2C(=O)OC)cc1Br. The summed E-state index contributed by atoms with van der Waals surface area (Å²) in [5, 5.41) is 3.59. The third-order valence-corrected chi connectivity index (χ3v) is 5.92. The monoisotopic (exact) mass is 365 g/mol. The summed E-state index contributed by atoms with van der Waals surface area (Å²) in [4.78, 5) is 12.3. The molecule has 4 unspecified atom stereocenters. The number of benzene rings is 1. The van der Waals surface area contributed by atoms with Crippen molar-refractivity contribution in [1.82, 2.24) is 5.32 Å². The number of nitrogens with one attached hydrogen (secondary N) is 1. The van der Waals surface area contributed by atoms with Crippen molar-refractivity contribution >= 4 is 21.9 Å². The standard InChI is InChI=1S/C18H24BrNO2/c1-3-4-11-5-6-12(9-15(11)19)14-10-13-7-8-16(20-13)17(14)18(21)22-2/h5-6,9,13-14,16-17,20H,3-4,7-8,10H2,1-2H3. The Morgan fingerprint density at radius 2 is 2.23 bits per heavy atom. The zero-order valence-corrected chi connectivity index (χ0v) is 14.9. The molecule has 0 spiro atoms. The minimum Gasteiger partial charge on any atom is -0.469 e. The van der Waals surface area contributed by atoms with Crippen molar-refractivity contribution in [2.45, 2.75) is 57.0 Å². The molecule has 2 bridgehead atoms. The zero-order valence-electron chi connectivity index (χ0n) is 13.3. The molecule has 1 aromatic rings. The molecule has 2 aliphatic rings. The summed E-state index contributed by atoms with van der Waals surface area (Å²) in [7, 11) is 1.50. The predicted octanol–water partition coefficient (Wildman–Crippen LogP) is 3.80. The Morgan fingerprint density at radius 3 is 2.91 bits per heavy atom. The normalized spacial score (nSPS) is 30.3. The van der Waals surface area contributed by atoms with Crippen LogP contribution < -0.4 is 5.32 Å². The van der Waals surface area contributed by atoms with Gasteiger partial charge in [0.2, 0.25) is 0 Å². The summed E-state index contributed by atoms with van der Waals surface area (Å²) >= 11 is 3.70. The van der Waals surface area contributed by atoms with Gasteiger partial charge in [-0.15, -0.1) is 0 Å². The molecule has 1 N–H and O–H groups in total. The molecule has 22 heavy (non-hydrogen) atoms. The van der Waals surface area contributed by atoms with Gasteiger partial charge in [-0.2, -0.15) is 0 Å². The van der Waals surface area contributed by atoms with Crippen LogP contribution in [0, 0.1) is 5.92 Å². The first-order valence-electron chi connectivity index (χ1n) is 8.26. The summed E-state index contributed by atoms with van der Waals surface area (Å²) < 4.78 is 6.26. The van der Waals surface area contributed by atoms with E-state index in [1.54, 1.807) is 0 Å². The lowest BCUT2D eigenvalue weighted by atomic mass is 9.77. The van der Waals surface area contributed by atoms with E-state index < -0.39 is 0 Å². The van der Waals surface area contributed by atoms with E-state index in [0.717, 1.165) is 25.7 Å². The summed E-state index contributed by atoms with van der Waals surface area (Å²) in [6, 6.07) is 7.45. The molecule has 2 heterocycles. The second-order valence-corrected chi connectivity index (χ2v) is 7.39. The van der Waals surface area contributed by atoms with Gasteiger partial charge in [0.05, 0.1) is 13.0 Å². The van der Waals surface area contributed by atoms with Crippen LogP contribution in [0.4, 0.5) is 0 Å². The van der Waals surface area contributed by atoms with Crippen molar-refractivity contribution in [3.63, 3.8) is 0 Å². The number of fused-ring (bicyclic) bond motifs is 2. The van der Waals surface area contributed by atoms with Crippen LogP contribution in [-0.2, 0) is 16.0 Å². The van der Waals surface area contributed by atoms with Crippen molar-refractivity contribution in [3.05, 3.63) is 33.8 Å². The Hall–Kier alpha value is -0.870. The Balaban J connectivity index is 1.91. The van der Waals surface area contributed by atoms with E-state index in [0.29, 0.717) is 6.04 Å². The fourth-order valence-corrected chi connectivity index (χ4v) is 4.72. The number of ether oxygens (including phenoxy) is 1. The van der Waals surface area contributed by atoms with Crippen LogP contribution in [0.3, 0.4) is 0 Å². The Morgan fingerprint density at radius 1 is 1.41 bits per heavy atom. The zero-order chi connectivity index (χ0) is 15.7. The molecule has 0 aromatic heterocycles. The average Bonchev–Trinajstić information content (AvgIpc) is 2.90. The fraction of sp³-hybridized carbons (Fsp3) is 0.611. The molecule has 2 aliphatic heterocycles. The largest absolute Gasteiger partial charge is 0.469 e. The van der Waals surface area contributed by atoms with Crippen LogP contribution in [0.2, 0.25) is 0 Å². The van der Waals surface area contributed by atoms with E-state index in [1.807, 2.05) is 0 Å². The fourth-order valence-electron chi connectivity index (χ4n) is 4.13. The molecule has 120 valence electrons. The number of hydrogen-bond acceptors (Lipinski definition) is 3. The lowest BCUT2D eigenvalue weighted by molar-refractivity contribution is -0.148. The molecule has 3 rings (SSSR count). The minimum absolute atomic E-state index is 0.0623. The third-order valence-electron chi connectivity index (χ3n) is 5.18. The molecule has 3 nitrogen and oxygen atoms in total. The summed E-state index contributed by atoms with van der Waals surface area (Å²) in [5.41, 5.74) is 2.61. The maximum atomic E-state index is 12.3. The van der Waals surface area contributed by atoms with Gasteiger partial charge in [-0.25, -0.2) is 0 Å². The maximum absolute atomic E-state index is 12.3. The Bertz CT molecular complexity index is 560. The van der Waals surface area contributed by atoms with E-state index >= 15 is 0 Å². The van der Waals surface area contributed by atoms with Crippen molar-refractivity contribution < 1.29 is 9.53 Å². The number of halogens is 1. The minimum atomic E-state index is -0.0726. The van der Waals surface area contributed by atoms with Crippen LogP contribution in [-0.4, -0.2) is 25.2 Å². The molecule has 4 atom stereocenters. The first-order valence-corrected chi connectivity index (χ1v) is 9.05. The van der Waals surface area contributed by atoms with Crippen LogP contribution >= 0.6 is 15.9 Å². The first kappa shape index (κ1) is 16.0. The highest BCUT2D eigenvalue weighted by atomic mass is 79.9. The maximum Gasteiger partial charge on any atom is 0.310 e. The molecule has 2 saturated heterocycles. The number of rotatable bonds is 4. The second kappa shape index (κ2) is 6.71. The number of carbonyl (C=O) groups is 1. The topological polar surface area (TPSA) is 38.3 Å². The van der Waals surface area contributed by atoms with Gasteiger partial charge in [0.25, 0.3) is 0 Å². The molecule has 0 amide bonds. The smallest absolute Gasteiger partial charge is 0.310 e. The van der Waals surface area contributed by atoms with Gasteiger partial charge >= 0.3 is 5.97 Å². The molecule has 0 saturated carbocycles. The van der Waals surface area contributed by atoms with E-state index in [1.165, 1.54) is 29.1 Å². The number of methoxy groups -OCH3 is 1. The van der Waals surface area contributed by atoms with Crippen molar-refractivity contribution in [2.75, 3.05) is 7.11 Å². The number of hydrogen-bond donors (Lipinski definition) is 1. The van der Waals surface area contributed by atoms with E-state index in [2.05, 4.69) is 46.4 Å². The average molecular weight is 366 g/mol. The van der Waals surface area contributed by atoms with Crippen LogP contribution in [0.15, 0.2) is 22.7 Å². The first-order chi connectivity index (χ1) is 10.6. The number of aryl methyl sites for hydroxylation is 1. The highest BCUT2D eigenvalue weighted by Gasteiger charge is 2.46. The van der Waals surface area contributed by atoms with Gasteiger partial charge in [0, 0.05) is 22.5 Å². The molecule has 1 aromatic carbocycles. The highest BCUT2D eigenvalue weighted by Crippen LogP contribution is 2.43. The summed E-state index contributed by atoms with van der Waals surface area (Å²) in [6.07, 6.45) is 5.49. The van der Waals surface area contributed by atoms with Crippen LogP contribution in [0.25, 0.3) is 0 Å². The van der Waals surface area contributed by atoms with Gasteiger partial charge in [-0.1, -0.05) is 41.4 Å². The molecule has 0 aliphatic carbocycles. The van der Waals surface area contributed by atoms with Crippen molar-refractivity contribution in [3.8, 4) is 0 Å². The van der Waals surface area contributed by atoms with Gasteiger partial charge < -0.3 is 10.1 Å². The van der Waals surface area contributed by atoms with Gasteiger partial charge in [-0.05, 0) is 42.9 Å². The van der Waals surface area contributed by atoms with Gasteiger partial charge in [-0.3, -0.25) is 4.79 Å². The lowest BCUT2D eigenvalue weighted by Crippen LogP contribution is -2.48.